The Balaban J connectivity index is 1.19. The van der Waals surface area contributed by atoms with E-state index in [0.29, 0.717) is 25.4 Å². The van der Waals surface area contributed by atoms with Crippen LogP contribution in [0.2, 0.25) is 0 Å². The molecule has 27 heavy (non-hydrogen) atoms. The van der Waals surface area contributed by atoms with Crippen LogP contribution in [0.25, 0.3) is 0 Å². The maximum absolute atomic E-state index is 12.5. The van der Waals surface area contributed by atoms with Crippen molar-refractivity contribution in [1.29, 1.82) is 0 Å². The van der Waals surface area contributed by atoms with E-state index in [1.807, 2.05) is 12.1 Å². The van der Waals surface area contributed by atoms with E-state index >= 15 is 0 Å². The van der Waals surface area contributed by atoms with Crippen LogP contribution in [0.4, 0.5) is 0 Å². The highest BCUT2D eigenvalue weighted by Crippen LogP contribution is 2.34. The third kappa shape index (κ3) is 3.61. The Kier molecular flexibility index (Phi) is 4.64. The van der Waals surface area contributed by atoms with Crippen molar-refractivity contribution in [2.75, 3.05) is 19.6 Å². The van der Waals surface area contributed by atoms with Crippen LogP contribution in [0.5, 0.6) is 5.88 Å². The van der Waals surface area contributed by atoms with Crippen LogP contribution < -0.4 is 4.74 Å². The second-order valence-corrected chi connectivity index (χ2v) is 10.7. The van der Waals surface area contributed by atoms with E-state index in [0.717, 1.165) is 56.1 Å². The van der Waals surface area contributed by atoms with Gasteiger partial charge in [-0.1, -0.05) is 12.5 Å². The van der Waals surface area contributed by atoms with E-state index in [9.17, 15) is 8.42 Å². The lowest BCUT2D eigenvalue weighted by molar-refractivity contribution is 0.0474. The number of fused-ring (bicyclic) bond motifs is 1. The van der Waals surface area contributed by atoms with Crippen molar-refractivity contribution in [1.82, 2.24) is 14.2 Å². The van der Waals surface area contributed by atoms with E-state index in [4.69, 9.17) is 9.72 Å². The van der Waals surface area contributed by atoms with E-state index in [2.05, 4.69) is 4.90 Å². The standard InChI is InChI=1S/C20H29N3O3S/c24-27(25,18-5-6-18)23-13-10-19-15(14-23)4-7-20(21-19)26-17-8-11-22(12-9-17)16-2-1-3-16/h4,7,16-18H,1-3,5-6,8-14H2. The van der Waals surface area contributed by atoms with Crippen molar-refractivity contribution in [2.45, 2.75) is 75.3 Å². The van der Waals surface area contributed by atoms with Gasteiger partial charge in [-0.3, -0.25) is 0 Å². The second kappa shape index (κ2) is 7.01. The second-order valence-electron chi connectivity index (χ2n) is 8.52. The number of piperidine rings is 1. The van der Waals surface area contributed by atoms with Gasteiger partial charge >= 0.3 is 0 Å². The van der Waals surface area contributed by atoms with E-state index in [1.54, 1.807) is 4.31 Å². The number of aromatic nitrogens is 1. The first-order valence-corrected chi connectivity index (χ1v) is 12.0. The minimum Gasteiger partial charge on any atom is -0.474 e. The van der Waals surface area contributed by atoms with Crippen molar-refractivity contribution in [2.24, 2.45) is 0 Å². The third-order valence-electron chi connectivity index (χ3n) is 6.65. The largest absolute Gasteiger partial charge is 0.474 e. The molecule has 0 radical (unpaired) electrons. The van der Waals surface area contributed by atoms with Crippen LogP contribution in [0.3, 0.4) is 0 Å². The monoisotopic (exact) mass is 391 g/mol. The van der Waals surface area contributed by atoms with Gasteiger partial charge in [0.2, 0.25) is 15.9 Å². The molecule has 5 rings (SSSR count). The number of likely N-dealkylation sites (tertiary alicyclic amines) is 1. The quantitative estimate of drug-likeness (QED) is 0.771. The van der Waals surface area contributed by atoms with Crippen molar-refractivity contribution in [3.05, 3.63) is 23.4 Å². The topological polar surface area (TPSA) is 62.7 Å². The van der Waals surface area contributed by atoms with Crippen LogP contribution in [0.1, 0.15) is 56.2 Å². The average Bonchev–Trinajstić information content (AvgIpc) is 3.47. The number of pyridine rings is 1. The summed E-state index contributed by atoms with van der Waals surface area (Å²) in [6, 6.07) is 4.75. The van der Waals surface area contributed by atoms with Crippen LogP contribution in [-0.4, -0.2) is 59.6 Å². The zero-order valence-corrected chi connectivity index (χ0v) is 16.7. The lowest BCUT2D eigenvalue weighted by Crippen LogP contribution is -2.46. The van der Waals surface area contributed by atoms with Crippen molar-refractivity contribution < 1.29 is 13.2 Å². The maximum Gasteiger partial charge on any atom is 0.217 e. The van der Waals surface area contributed by atoms with Gasteiger partial charge in [-0.15, -0.1) is 0 Å². The van der Waals surface area contributed by atoms with Gasteiger partial charge in [0.1, 0.15) is 6.10 Å². The molecule has 0 atom stereocenters. The Labute approximate surface area is 161 Å². The van der Waals surface area contributed by atoms with Crippen molar-refractivity contribution in [3.63, 3.8) is 0 Å². The van der Waals surface area contributed by atoms with Gasteiger partial charge in [-0.05, 0) is 44.1 Å². The van der Waals surface area contributed by atoms with Gasteiger partial charge in [-0.25, -0.2) is 13.4 Å². The van der Waals surface area contributed by atoms with Gasteiger partial charge in [0, 0.05) is 44.7 Å². The summed E-state index contributed by atoms with van der Waals surface area (Å²) in [5, 5.41) is -0.139. The predicted octanol–water partition coefficient (Wildman–Crippen LogP) is 2.33. The molecule has 0 bridgehead atoms. The molecule has 4 aliphatic rings. The highest BCUT2D eigenvalue weighted by atomic mass is 32.2. The van der Waals surface area contributed by atoms with Crippen molar-refractivity contribution in [3.8, 4) is 5.88 Å². The molecule has 0 N–H and O–H groups in total. The molecule has 2 aliphatic carbocycles. The first kappa shape index (κ1) is 17.9. The molecular formula is C20H29N3O3S. The van der Waals surface area contributed by atoms with Gasteiger partial charge < -0.3 is 9.64 Å². The lowest BCUT2D eigenvalue weighted by atomic mass is 9.90. The molecule has 0 amide bonds. The Hall–Kier alpha value is -1.18. The molecule has 2 saturated carbocycles. The van der Waals surface area contributed by atoms with E-state index in [1.165, 1.54) is 19.3 Å². The lowest BCUT2D eigenvalue weighted by Gasteiger charge is -2.41. The Morgan fingerprint density at radius 3 is 2.44 bits per heavy atom. The Morgan fingerprint density at radius 2 is 1.78 bits per heavy atom. The minimum atomic E-state index is -3.10. The predicted molar refractivity (Wildman–Crippen MR) is 103 cm³/mol. The van der Waals surface area contributed by atoms with Crippen LogP contribution in [0, 0.1) is 0 Å². The molecule has 6 nitrogen and oxygen atoms in total. The van der Waals surface area contributed by atoms with Crippen LogP contribution >= 0.6 is 0 Å². The highest BCUT2D eigenvalue weighted by molar-refractivity contribution is 7.90. The van der Waals surface area contributed by atoms with E-state index < -0.39 is 10.0 Å². The number of hydrogen-bond donors (Lipinski definition) is 0. The van der Waals surface area contributed by atoms with Gasteiger partial charge in [0.05, 0.1) is 10.9 Å². The Bertz CT molecular complexity index is 797. The molecule has 0 aromatic carbocycles. The summed E-state index contributed by atoms with van der Waals surface area (Å²) in [7, 11) is -3.10. The molecule has 1 aromatic rings. The van der Waals surface area contributed by atoms with Gasteiger partial charge in [0.25, 0.3) is 0 Å². The smallest absolute Gasteiger partial charge is 0.217 e. The summed E-state index contributed by atoms with van der Waals surface area (Å²) in [4.78, 5) is 7.33. The minimum absolute atomic E-state index is 0.139. The maximum atomic E-state index is 12.5. The summed E-state index contributed by atoms with van der Waals surface area (Å²) < 4.78 is 32.7. The number of sulfonamides is 1. The molecule has 0 unspecified atom stereocenters. The zero-order chi connectivity index (χ0) is 18.4. The molecule has 3 heterocycles. The molecule has 1 aromatic heterocycles. The molecule has 148 valence electrons. The van der Waals surface area contributed by atoms with Gasteiger partial charge in [-0.2, -0.15) is 4.31 Å². The number of rotatable bonds is 5. The van der Waals surface area contributed by atoms with Gasteiger partial charge in [0.15, 0.2) is 0 Å². The normalized spacial score (nSPS) is 25.8. The zero-order valence-electron chi connectivity index (χ0n) is 15.8. The summed E-state index contributed by atoms with van der Waals surface area (Å²) in [6.45, 7) is 3.27. The fourth-order valence-corrected chi connectivity index (χ4v) is 6.33. The number of hydrogen-bond acceptors (Lipinski definition) is 5. The molecule has 7 heteroatoms. The summed E-state index contributed by atoms with van der Waals surface area (Å²) in [5.74, 6) is 0.703. The first-order valence-electron chi connectivity index (χ1n) is 10.5. The summed E-state index contributed by atoms with van der Waals surface area (Å²) in [6.07, 6.45) is 8.83. The van der Waals surface area contributed by atoms with Crippen molar-refractivity contribution >= 4 is 10.0 Å². The fourth-order valence-electron chi connectivity index (χ4n) is 4.51. The first-order chi connectivity index (χ1) is 13.1. The highest BCUT2D eigenvalue weighted by Gasteiger charge is 2.41. The molecule has 0 spiro atoms. The SMILES string of the molecule is O=S(=O)(C1CC1)N1CCc2nc(OC3CCN(C4CCC4)CC3)ccc2C1. The fraction of sp³-hybridized carbons (Fsp3) is 0.750. The average molecular weight is 392 g/mol. The van der Waals surface area contributed by atoms with Crippen LogP contribution in [0.15, 0.2) is 12.1 Å². The third-order valence-corrected chi connectivity index (χ3v) is 8.99. The van der Waals surface area contributed by atoms with E-state index in [-0.39, 0.29) is 11.4 Å². The Morgan fingerprint density at radius 1 is 1.00 bits per heavy atom. The summed E-state index contributed by atoms with van der Waals surface area (Å²) in [5.41, 5.74) is 2.03. The summed E-state index contributed by atoms with van der Waals surface area (Å²) >= 11 is 0. The molecular weight excluding hydrogens is 362 g/mol. The molecule has 2 aliphatic heterocycles. The number of ether oxygens (including phenoxy) is 1. The molecule has 3 fully saturated rings. The van der Waals surface area contributed by atoms with Crippen LogP contribution in [-0.2, 0) is 23.0 Å². The number of nitrogens with zero attached hydrogens (tertiary/aromatic N) is 3. The molecule has 1 saturated heterocycles.